The maximum Gasteiger partial charge on any atom is 0.0972 e. The van der Waals surface area contributed by atoms with Crippen LogP contribution < -0.4 is 0 Å². The third-order valence-corrected chi connectivity index (χ3v) is 8.71. The number of nitrogens with zero attached hydrogens (tertiary/aromatic N) is 3. The monoisotopic (exact) mass is 559 g/mol. The van der Waals surface area contributed by atoms with Crippen LogP contribution in [0, 0.1) is 0 Å². The second kappa shape index (κ2) is 9.82. The molecule has 0 aliphatic heterocycles. The van der Waals surface area contributed by atoms with E-state index in [1.165, 1.54) is 32.3 Å². The molecule has 0 spiro atoms. The Balaban J connectivity index is 1.21. The first kappa shape index (κ1) is 24.6. The van der Waals surface area contributed by atoms with Gasteiger partial charge in [-0.25, -0.2) is 9.97 Å². The van der Waals surface area contributed by atoms with Crippen molar-refractivity contribution in [1.82, 2.24) is 15.0 Å². The zero-order valence-corrected chi connectivity index (χ0v) is 23.8. The van der Waals surface area contributed by atoms with Crippen LogP contribution in [-0.4, -0.2) is 15.0 Å². The summed E-state index contributed by atoms with van der Waals surface area (Å²) in [6.45, 7) is 0. The molecule has 3 heteroatoms. The third-order valence-electron chi connectivity index (χ3n) is 8.71. The molecular formula is C41H25N3. The maximum atomic E-state index is 5.25. The highest BCUT2D eigenvalue weighted by Crippen LogP contribution is 2.37. The van der Waals surface area contributed by atoms with Crippen molar-refractivity contribution in [3.63, 3.8) is 0 Å². The van der Waals surface area contributed by atoms with Crippen LogP contribution in [0.4, 0.5) is 0 Å². The van der Waals surface area contributed by atoms with E-state index in [0.29, 0.717) is 0 Å². The Labute approximate surface area is 254 Å². The number of hydrogen-bond donors (Lipinski definition) is 0. The lowest BCUT2D eigenvalue weighted by Gasteiger charge is -2.12. The molecule has 3 aromatic heterocycles. The molecule has 0 N–H and O–H groups in total. The van der Waals surface area contributed by atoms with Gasteiger partial charge in [-0.05, 0) is 68.2 Å². The van der Waals surface area contributed by atoms with Crippen molar-refractivity contribution in [2.45, 2.75) is 0 Å². The molecule has 0 amide bonds. The third kappa shape index (κ3) is 3.94. The topological polar surface area (TPSA) is 38.7 Å². The Morgan fingerprint density at radius 3 is 1.48 bits per heavy atom. The van der Waals surface area contributed by atoms with Crippen molar-refractivity contribution in [2.75, 3.05) is 0 Å². The SMILES string of the molecule is c1cncc(-c2cccc(-c3ccc4ccc5ccc(-c6ccc7c8ccccc8c8ccccc8c7c6)nc5c4n3)c2)c1. The van der Waals surface area contributed by atoms with E-state index in [-0.39, 0.29) is 0 Å². The van der Waals surface area contributed by atoms with E-state index in [2.05, 4.69) is 138 Å². The molecule has 0 saturated heterocycles. The van der Waals surface area contributed by atoms with Gasteiger partial charge in [0.15, 0.2) is 0 Å². The number of rotatable bonds is 3. The van der Waals surface area contributed by atoms with E-state index in [9.17, 15) is 0 Å². The summed E-state index contributed by atoms with van der Waals surface area (Å²) in [5.74, 6) is 0. The van der Waals surface area contributed by atoms with Crippen LogP contribution in [0.25, 0.3) is 87.8 Å². The standard InChI is InChI=1S/C41H25N3/c1-2-12-34-32(10-1)33-11-3-4-13-35(33)37-24-30(16-19-36(34)37)39-21-18-27-15-14-26-17-20-38(43-40(26)41(27)44-39)29-8-5-7-28(23-29)31-9-6-22-42-25-31/h1-25H. The molecule has 6 aromatic carbocycles. The number of aromatic nitrogens is 3. The zero-order valence-electron chi connectivity index (χ0n) is 23.8. The van der Waals surface area contributed by atoms with Crippen molar-refractivity contribution in [3.05, 3.63) is 152 Å². The van der Waals surface area contributed by atoms with Gasteiger partial charge in [0, 0.05) is 39.9 Å². The molecule has 3 heterocycles. The summed E-state index contributed by atoms with van der Waals surface area (Å²) in [4.78, 5) is 14.7. The quantitative estimate of drug-likeness (QED) is 0.202. The van der Waals surface area contributed by atoms with Crippen LogP contribution in [0.5, 0.6) is 0 Å². The highest BCUT2D eigenvalue weighted by Gasteiger charge is 2.12. The van der Waals surface area contributed by atoms with Crippen LogP contribution in [0.2, 0.25) is 0 Å². The van der Waals surface area contributed by atoms with Gasteiger partial charge in [0.1, 0.15) is 0 Å². The first-order valence-electron chi connectivity index (χ1n) is 14.9. The molecular weight excluding hydrogens is 534 g/mol. The predicted octanol–water partition coefficient (Wildman–Crippen LogP) is 10.6. The van der Waals surface area contributed by atoms with Gasteiger partial charge >= 0.3 is 0 Å². The van der Waals surface area contributed by atoms with E-state index in [1.54, 1.807) is 6.20 Å². The number of fused-ring (bicyclic) bond motifs is 9. The average molecular weight is 560 g/mol. The molecule has 3 nitrogen and oxygen atoms in total. The normalized spacial score (nSPS) is 11.6. The van der Waals surface area contributed by atoms with E-state index >= 15 is 0 Å². The fourth-order valence-electron chi connectivity index (χ4n) is 6.55. The summed E-state index contributed by atoms with van der Waals surface area (Å²) in [5.41, 5.74) is 8.05. The Bertz CT molecular complexity index is 2520. The Morgan fingerprint density at radius 2 is 0.864 bits per heavy atom. The smallest absolute Gasteiger partial charge is 0.0972 e. The molecule has 0 unspecified atom stereocenters. The Hall–Kier alpha value is -5.93. The lowest BCUT2D eigenvalue weighted by Crippen LogP contribution is -1.92. The fraction of sp³-hybridized carbons (Fsp3) is 0. The summed E-state index contributed by atoms with van der Waals surface area (Å²) < 4.78 is 0. The van der Waals surface area contributed by atoms with Gasteiger partial charge in [0.2, 0.25) is 0 Å². The van der Waals surface area contributed by atoms with Crippen molar-refractivity contribution in [2.24, 2.45) is 0 Å². The van der Waals surface area contributed by atoms with Crippen molar-refractivity contribution >= 4 is 54.1 Å². The number of hydrogen-bond acceptors (Lipinski definition) is 3. The van der Waals surface area contributed by atoms with Gasteiger partial charge in [-0.1, -0.05) is 109 Å². The van der Waals surface area contributed by atoms with Crippen LogP contribution in [0.1, 0.15) is 0 Å². The van der Waals surface area contributed by atoms with Crippen molar-refractivity contribution in [3.8, 4) is 33.6 Å². The van der Waals surface area contributed by atoms with E-state index in [4.69, 9.17) is 9.97 Å². The molecule has 9 aromatic rings. The highest BCUT2D eigenvalue weighted by atomic mass is 14.8. The van der Waals surface area contributed by atoms with Crippen molar-refractivity contribution in [1.29, 1.82) is 0 Å². The van der Waals surface area contributed by atoms with Gasteiger partial charge in [-0.15, -0.1) is 0 Å². The fourth-order valence-corrected chi connectivity index (χ4v) is 6.55. The average Bonchev–Trinajstić information content (AvgIpc) is 3.11. The molecule has 0 radical (unpaired) electrons. The van der Waals surface area contributed by atoms with E-state index in [1.807, 2.05) is 12.3 Å². The molecule has 0 saturated carbocycles. The minimum Gasteiger partial charge on any atom is -0.264 e. The van der Waals surface area contributed by atoms with Gasteiger partial charge in [0.25, 0.3) is 0 Å². The first-order chi connectivity index (χ1) is 21.8. The lowest BCUT2D eigenvalue weighted by atomic mass is 9.93. The molecule has 0 aliphatic carbocycles. The largest absolute Gasteiger partial charge is 0.264 e. The van der Waals surface area contributed by atoms with E-state index in [0.717, 1.165) is 55.4 Å². The maximum absolute atomic E-state index is 5.25. The van der Waals surface area contributed by atoms with Crippen LogP contribution in [0.15, 0.2) is 152 Å². The zero-order chi connectivity index (χ0) is 29.0. The first-order valence-corrected chi connectivity index (χ1v) is 14.9. The second-order valence-electron chi connectivity index (χ2n) is 11.3. The molecule has 0 atom stereocenters. The molecule has 9 rings (SSSR count). The highest BCUT2D eigenvalue weighted by molar-refractivity contribution is 6.25. The van der Waals surface area contributed by atoms with Gasteiger partial charge in [0.05, 0.1) is 22.4 Å². The van der Waals surface area contributed by atoms with Gasteiger partial charge < -0.3 is 0 Å². The number of benzene rings is 6. The van der Waals surface area contributed by atoms with Crippen LogP contribution in [-0.2, 0) is 0 Å². The second-order valence-corrected chi connectivity index (χ2v) is 11.3. The summed E-state index contributed by atoms with van der Waals surface area (Å²) in [7, 11) is 0. The minimum absolute atomic E-state index is 0.908. The Kier molecular flexibility index (Phi) is 5.50. The lowest BCUT2D eigenvalue weighted by molar-refractivity contribution is 1.33. The molecule has 204 valence electrons. The Morgan fingerprint density at radius 1 is 0.341 bits per heavy atom. The predicted molar refractivity (Wildman–Crippen MR) is 184 cm³/mol. The van der Waals surface area contributed by atoms with E-state index < -0.39 is 0 Å². The summed E-state index contributed by atoms with van der Waals surface area (Å²) in [6, 6.07) is 49.5. The van der Waals surface area contributed by atoms with Crippen LogP contribution >= 0.6 is 0 Å². The molecule has 0 bridgehead atoms. The summed E-state index contributed by atoms with van der Waals surface area (Å²) >= 11 is 0. The minimum atomic E-state index is 0.908. The number of pyridine rings is 3. The molecule has 0 fully saturated rings. The van der Waals surface area contributed by atoms with Gasteiger partial charge in [-0.3, -0.25) is 4.98 Å². The summed E-state index contributed by atoms with van der Waals surface area (Å²) in [6.07, 6.45) is 3.69. The summed E-state index contributed by atoms with van der Waals surface area (Å²) in [5, 5.41) is 9.74. The van der Waals surface area contributed by atoms with Crippen LogP contribution in [0.3, 0.4) is 0 Å². The van der Waals surface area contributed by atoms with Crippen molar-refractivity contribution < 1.29 is 0 Å². The van der Waals surface area contributed by atoms with Gasteiger partial charge in [-0.2, -0.15) is 0 Å². The molecule has 0 aliphatic rings. The molecule has 44 heavy (non-hydrogen) atoms.